The molecule has 1 aromatic rings. The molecule has 1 atom stereocenters. The lowest BCUT2D eigenvalue weighted by molar-refractivity contribution is -0.146. The van der Waals surface area contributed by atoms with E-state index in [9.17, 15) is 9.59 Å². The quantitative estimate of drug-likeness (QED) is 0.626. The van der Waals surface area contributed by atoms with Crippen LogP contribution >= 0.6 is 27.7 Å². The standard InChI is InChI=1S/C14H18BrNO3S/c1-9(2)13(14(18)19-3)16-12(17)8-20-11-6-4-10(15)5-7-11/h4-7,9,13H,8H2,1-3H3,(H,16,17). The average Bonchev–Trinajstić information content (AvgIpc) is 2.43. The molecule has 0 radical (unpaired) electrons. The normalized spacial score (nSPS) is 12.1. The Bertz CT molecular complexity index is 462. The molecule has 0 spiro atoms. The summed E-state index contributed by atoms with van der Waals surface area (Å²) < 4.78 is 5.68. The number of hydrogen-bond donors (Lipinski definition) is 1. The molecule has 0 saturated heterocycles. The van der Waals surface area contributed by atoms with Gasteiger partial charge in [0.05, 0.1) is 12.9 Å². The number of esters is 1. The minimum atomic E-state index is -0.599. The number of halogens is 1. The molecule has 0 aliphatic heterocycles. The van der Waals surface area contributed by atoms with E-state index >= 15 is 0 Å². The number of carbonyl (C=O) groups is 2. The molecule has 1 unspecified atom stereocenters. The van der Waals surface area contributed by atoms with Crippen molar-refractivity contribution in [3.8, 4) is 0 Å². The maximum atomic E-state index is 11.9. The van der Waals surface area contributed by atoms with Crippen molar-refractivity contribution in [2.75, 3.05) is 12.9 Å². The van der Waals surface area contributed by atoms with Crippen LogP contribution in [-0.4, -0.2) is 30.8 Å². The zero-order chi connectivity index (χ0) is 15.1. The molecular weight excluding hydrogens is 342 g/mol. The fraction of sp³-hybridized carbons (Fsp3) is 0.429. The number of thioether (sulfide) groups is 1. The molecule has 1 amide bonds. The van der Waals surface area contributed by atoms with Crippen LogP contribution in [0.3, 0.4) is 0 Å². The van der Waals surface area contributed by atoms with E-state index in [2.05, 4.69) is 26.0 Å². The van der Waals surface area contributed by atoms with Crippen molar-refractivity contribution in [3.05, 3.63) is 28.7 Å². The first-order chi connectivity index (χ1) is 9.43. The van der Waals surface area contributed by atoms with E-state index < -0.39 is 12.0 Å². The largest absolute Gasteiger partial charge is 0.467 e. The highest BCUT2D eigenvalue weighted by molar-refractivity contribution is 9.10. The molecule has 0 bridgehead atoms. The molecule has 0 aromatic heterocycles. The lowest BCUT2D eigenvalue weighted by Gasteiger charge is -2.19. The summed E-state index contributed by atoms with van der Waals surface area (Å²) in [5.41, 5.74) is 0. The monoisotopic (exact) mass is 359 g/mol. The topological polar surface area (TPSA) is 55.4 Å². The number of methoxy groups -OCH3 is 1. The van der Waals surface area contributed by atoms with E-state index in [0.29, 0.717) is 0 Å². The Morgan fingerprint density at radius 2 is 1.90 bits per heavy atom. The van der Waals surface area contributed by atoms with E-state index in [4.69, 9.17) is 0 Å². The minimum absolute atomic E-state index is 0.0101. The molecule has 1 rings (SSSR count). The second-order valence-corrected chi connectivity index (χ2v) is 6.52. The van der Waals surface area contributed by atoms with E-state index in [1.165, 1.54) is 18.9 Å². The van der Waals surface area contributed by atoms with E-state index in [0.717, 1.165) is 9.37 Å². The molecule has 4 nitrogen and oxygen atoms in total. The van der Waals surface area contributed by atoms with Crippen LogP contribution in [0.1, 0.15) is 13.8 Å². The third-order valence-electron chi connectivity index (χ3n) is 2.62. The number of ether oxygens (including phenoxy) is 1. The smallest absolute Gasteiger partial charge is 0.328 e. The van der Waals surface area contributed by atoms with E-state index in [1.807, 2.05) is 38.1 Å². The number of hydrogen-bond acceptors (Lipinski definition) is 4. The summed E-state index contributed by atoms with van der Waals surface area (Å²) in [6, 6.07) is 7.11. The van der Waals surface area contributed by atoms with Gasteiger partial charge in [-0.05, 0) is 30.2 Å². The van der Waals surface area contributed by atoms with Crippen molar-refractivity contribution in [1.29, 1.82) is 0 Å². The van der Waals surface area contributed by atoms with Crippen LogP contribution in [0.25, 0.3) is 0 Å². The van der Waals surface area contributed by atoms with Gasteiger partial charge in [-0.2, -0.15) is 0 Å². The highest BCUT2D eigenvalue weighted by Gasteiger charge is 2.24. The Kier molecular flexibility index (Phi) is 7.09. The van der Waals surface area contributed by atoms with Gasteiger partial charge in [-0.15, -0.1) is 11.8 Å². The molecular formula is C14H18BrNO3S. The van der Waals surface area contributed by atoms with Gasteiger partial charge in [0.2, 0.25) is 5.91 Å². The van der Waals surface area contributed by atoms with Crippen LogP contribution < -0.4 is 5.32 Å². The number of rotatable bonds is 6. The van der Waals surface area contributed by atoms with Gasteiger partial charge in [-0.1, -0.05) is 29.8 Å². The molecule has 0 aliphatic rings. The van der Waals surface area contributed by atoms with Crippen LogP contribution in [0.15, 0.2) is 33.6 Å². The van der Waals surface area contributed by atoms with Gasteiger partial charge in [0, 0.05) is 9.37 Å². The third-order valence-corrected chi connectivity index (χ3v) is 4.16. The Balaban J connectivity index is 2.49. The molecule has 110 valence electrons. The van der Waals surface area contributed by atoms with Gasteiger partial charge in [0.1, 0.15) is 6.04 Å². The second kappa shape index (κ2) is 8.32. The number of carbonyl (C=O) groups excluding carboxylic acids is 2. The summed E-state index contributed by atoms with van der Waals surface area (Å²) in [5.74, 6) is -0.338. The minimum Gasteiger partial charge on any atom is -0.467 e. The molecule has 1 N–H and O–H groups in total. The fourth-order valence-corrected chi connectivity index (χ4v) is 2.49. The Hall–Kier alpha value is -1.01. The summed E-state index contributed by atoms with van der Waals surface area (Å²) in [6.07, 6.45) is 0. The molecule has 0 fully saturated rings. The summed E-state index contributed by atoms with van der Waals surface area (Å²) in [6.45, 7) is 3.73. The second-order valence-electron chi connectivity index (χ2n) is 4.55. The fourth-order valence-electron chi connectivity index (χ4n) is 1.52. The highest BCUT2D eigenvalue weighted by atomic mass is 79.9. The van der Waals surface area contributed by atoms with Crippen LogP contribution in [0, 0.1) is 5.92 Å². The first-order valence-electron chi connectivity index (χ1n) is 6.19. The maximum absolute atomic E-state index is 11.9. The zero-order valence-electron chi connectivity index (χ0n) is 11.7. The van der Waals surface area contributed by atoms with E-state index in [-0.39, 0.29) is 17.6 Å². The molecule has 0 saturated carbocycles. The Morgan fingerprint density at radius 3 is 2.40 bits per heavy atom. The first kappa shape index (κ1) is 17.0. The van der Waals surface area contributed by atoms with Crippen LogP contribution in [0.4, 0.5) is 0 Å². The van der Waals surface area contributed by atoms with Gasteiger partial charge < -0.3 is 10.1 Å². The van der Waals surface area contributed by atoms with Gasteiger partial charge in [-0.25, -0.2) is 4.79 Å². The number of amides is 1. The predicted molar refractivity (Wildman–Crippen MR) is 83.7 cm³/mol. The third kappa shape index (κ3) is 5.54. The van der Waals surface area contributed by atoms with Crippen LogP contribution in [0.2, 0.25) is 0 Å². The van der Waals surface area contributed by atoms with Crippen LogP contribution in [0.5, 0.6) is 0 Å². The summed E-state index contributed by atoms with van der Waals surface area (Å²) in [5, 5.41) is 2.71. The summed E-state index contributed by atoms with van der Waals surface area (Å²) in [4.78, 5) is 24.4. The van der Waals surface area contributed by atoms with Crippen molar-refractivity contribution in [1.82, 2.24) is 5.32 Å². The zero-order valence-corrected chi connectivity index (χ0v) is 14.1. The van der Waals surface area contributed by atoms with Crippen molar-refractivity contribution in [2.24, 2.45) is 5.92 Å². The average molecular weight is 360 g/mol. The lowest BCUT2D eigenvalue weighted by atomic mass is 10.1. The van der Waals surface area contributed by atoms with Crippen molar-refractivity contribution >= 4 is 39.6 Å². The summed E-state index contributed by atoms with van der Waals surface area (Å²) in [7, 11) is 1.32. The van der Waals surface area contributed by atoms with Gasteiger partial charge >= 0.3 is 5.97 Å². The van der Waals surface area contributed by atoms with E-state index in [1.54, 1.807) is 0 Å². The van der Waals surface area contributed by atoms with Gasteiger partial charge in [0.15, 0.2) is 0 Å². The first-order valence-corrected chi connectivity index (χ1v) is 7.97. The SMILES string of the molecule is COC(=O)C(NC(=O)CSc1ccc(Br)cc1)C(C)C. The number of nitrogens with one attached hydrogen (secondary N) is 1. The van der Waals surface area contributed by atoms with Crippen molar-refractivity contribution in [3.63, 3.8) is 0 Å². The summed E-state index contributed by atoms with van der Waals surface area (Å²) >= 11 is 4.78. The molecule has 0 aliphatic carbocycles. The molecule has 20 heavy (non-hydrogen) atoms. The Morgan fingerprint density at radius 1 is 1.30 bits per heavy atom. The number of benzene rings is 1. The van der Waals surface area contributed by atoms with Crippen molar-refractivity contribution in [2.45, 2.75) is 24.8 Å². The Labute approximate surface area is 131 Å². The van der Waals surface area contributed by atoms with Crippen LogP contribution in [-0.2, 0) is 14.3 Å². The van der Waals surface area contributed by atoms with Crippen molar-refractivity contribution < 1.29 is 14.3 Å². The van der Waals surface area contributed by atoms with Gasteiger partial charge in [0.25, 0.3) is 0 Å². The predicted octanol–water partition coefficient (Wildman–Crippen LogP) is 2.86. The lowest BCUT2D eigenvalue weighted by Crippen LogP contribution is -2.45. The van der Waals surface area contributed by atoms with Gasteiger partial charge in [-0.3, -0.25) is 4.79 Å². The molecule has 6 heteroatoms. The molecule has 0 heterocycles. The molecule has 1 aromatic carbocycles. The maximum Gasteiger partial charge on any atom is 0.328 e. The highest BCUT2D eigenvalue weighted by Crippen LogP contribution is 2.20.